The molecule has 23 heavy (non-hydrogen) atoms. The number of nitrogens with zero attached hydrogens (tertiary/aromatic N) is 2. The summed E-state index contributed by atoms with van der Waals surface area (Å²) < 4.78 is 0. The van der Waals surface area contributed by atoms with E-state index in [-0.39, 0.29) is 24.0 Å². The Balaban J connectivity index is 0.00000264. The molecule has 1 aliphatic rings. The molecule has 6 heteroatoms. The van der Waals surface area contributed by atoms with Crippen molar-refractivity contribution < 1.29 is 0 Å². The molecule has 3 N–H and O–H groups in total. The topological polar surface area (TPSA) is 53.6 Å². The maximum absolute atomic E-state index is 6.23. The molecule has 0 radical (unpaired) electrons. The number of nitrogens with one attached hydrogen (secondary N) is 1. The van der Waals surface area contributed by atoms with E-state index in [4.69, 9.17) is 17.3 Å². The molecule has 1 fully saturated rings. The van der Waals surface area contributed by atoms with Crippen molar-refractivity contribution in [2.75, 3.05) is 26.2 Å². The van der Waals surface area contributed by atoms with Gasteiger partial charge in [-0.2, -0.15) is 0 Å². The zero-order chi connectivity index (χ0) is 15.8. The Morgan fingerprint density at radius 3 is 2.70 bits per heavy atom. The van der Waals surface area contributed by atoms with Crippen LogP contribution in [-0.2, 0) is 6.54 Å². The molecule has 1 saturated heterocycles. The van der Waals surface area contributed by atoms with E-state index in [2.05, 4.69) is 34.3 Å². The van der Waals surface area contributed by atoms with E-state index in [1.165, 1.54) is 18.4 Å². The Morgan fingerprint density at radius 1 is 1.35 bits per heavy atom. The number of benzene rings is 1. The number of nitrogens with two attached hydrogens (primary N) is 1. The van der Waals surface area contributed by atoms with E-state index in [1.54, 1.807) is 0 Å². The van der Waals surface area contributed by atoms with Crippen molar-refractivity contribution in [1.82, 2.24) is 10.2 Å². The van der Waals surface area contributed by atoms with Gasteiger partial charge in [0.15, 0.2) is 5.96 Å². The van der Waals surface area contributed by atoms with Crippen molar-refractivity contribution in [3.63, 3.8) is 0 Å². The monoisotopic (exact) mass is 450 g/mol. The fourth-order valence-corrected chi connectivity index (χ4v) is 2.93. The summed E-state index contributed by atoms with van der Waals surface area (Å²) in [7, 11) is 0. The molecule has 2 rings (SSSR count). The van der Waals surface area contributed by atoms with Crippen molar-refractivity contribution in [2.24, 2.45) is 16.6 Å². The van der Waals surface area contributed by atoms with E-state index >= 15 is 0 Å². The zero-order valence-electron chi connectivity index (χ0n) is 13.8. The first-order valence-electron chi connectivity index (χ1n) is 8.18. The first-order valence-corrected chi connectivity index (χ1v) is 8.56. The van der Waals surface area contributed by atoms with Gasteiger partial charge in [-0.3, -0.25) is 9.89 Å². The second-order valence-electron chi connectivity index (χ2n) is 5.96. The summed E-state index contributed by atoms with van der Waals surface area (Å²) >= 11 is 6.23. The van der Waals surface area contributed by atoms with Crippen LogP contribution in [0.2, 0.25) is 5.02 Å². The lowest BCUT2D eigenvalue weighted by molar-refractivity contribution is 0.180. The minimum atomic E-state index is 0. The molecule has 1 aromatic carbocycles. The average molecular weight is 451 g/mol. The number of aliphatic imine (C=N–C) groups is 1. The molecule has 0 aliphatic carbocycles. The largest absolute Gasteiger partial charge is 0.370 e. The third-order valence-corrected chi connectivity index (χ3v) is 4.50. The van der Waals surface area contributed by atoms with Gasteiger partial charge in [0.1, 0.15) is 0 Å². The Hall–Kier alpha value is -0.530. The van der Waals surface area contributed by atoms with Crippen LogP contribution in [0, 0.1) is 5.92 Å². The van der Waals surface area contributed by atoms with Gasteiger partial charge in [-0.25, -0.2) is 0 Å². The molecular formula is C17H28ClIN4. The van der Waals surface area contributed by atoms with Gasteiger partial charge in [0.2, 0.25) is 0 Å². The van der Waals surface area contributed by atoms with Crippen LogP contribution < -0.4 is 11.1 Å². The number of hydrogen-bond acceptors (Lipinski definition) is 2. The highest BCUT2D eigenvalue weighted by Gasteiger charge is 2.19. The number of piperidine rings is 1. The predicted molar refractivity (Wildman–Crippen MR) is 110 cm³/mol. The molecule has 1 aliphatic heterocycles. The summed E-state index contributed by atoms with van der Waals surface area (Å²) in [6.45, 7) is 7.00. The van der Waals surface area contributed by atoms with E-state index in [0.29, 0.717) is 11.9 Å². The number of rotatable bonds is 6. The number of guanidine groups is 1. The van der Waals surface area contributed by atoms with Gasteiger partial charge in [-0.15, -0.1) is 24.0 Å². The Morgan fingerprint density at radius 2 is 2.04 bits per heavy atom. The quantitative estimate of drug-likeness (QED) is 0.396. The minimum Gasteiger partial charge on any atom is -0.370 e. The Kier molecular flexibility index (Phi) is 9.90. The first-order chi connectivity index (χ1) is 10.7. The van der Waals surface area contributed by atoms with Crippen LogP contribution in [0.4, 0.5) is 0 Å². The highest BCUT2D eigenvalue weighted by molar-refractivity contribution is 14.0. The molecule has 0 bridgehead atoms. The van der Waals surface area contributed by atoms with Gasteiger partial charge < -0.3 is 11.1 Å². The van der Waals surface area contributed by atoms with Gasteiger partial charge in [0, 0.05) is 24.7 Å². The molecule has 0 spiro atoms. The molecule has 0 atom stereocenters. The van der Waals surface area contributed by atoms with Crippen molar-refractivity contribution in [1.29, 1.82) is 0 Å². The standard InChI is InChI=1S/C17H27ClN4.HI/c1-2-9-20-17(19)21-12-14-7-10-22(11-8-14)13-15-5-3-4-6-16(15)18;/h3-6,14H,2,7-13H2,1H3,(H3,19,20,21);1H. The van der Waals surface area contributed by atoms with Crippen LogP contribution in [0.15, 0.2) is 29.3 Å². The molecule has 1 heterocycles. The lowest BCUT2D eigenvalue weighted by atomic mass is 9.96. The summed E-state index contributed by atoms with van der Waals surface area (Å²) in [6.07, 6.45) is 3.42. The lowest BCUT2D eigenvalue weighted by Crippen LogP contribution is -2.36. The van der Waals surface area contributed by atoms with Gasteiger partial charge in [0.25, 0.3) is 0 Å². The molecule has 130 valence electrons. The van der Waals surface area contributed by atoms with Gasteiger partial charge in [-0.05, 0) is 49.9 Å². The Labute approximate surface area is 161 Å². The number of likely N-dealkylation sites (tertiary alicyclic amines) is 1. The van der Waals surface area contributed by atoms with Crippen LogP contribution in [-0.4, -0.2) is 37.0 Å². The highest BCUT2D eigenvalue weighted by Crippen LogP contribution is 2.22. The summed E-state index contributed by atoms with van der Waals surface area (Å²) in [4.78, 5) is 6.92. The average Bonchev–Trinajstić information content (AvgIpc) is 2.54. The fourth-order valence-electron chi connectivity index (χ4n) is 2.73. The van der Waals surface area contributed by atoms with Crippen LogP contribution in [0.25, 0.3) is 0 Å². The third-order valence-electron chi connectivity index (χ3n) is 4.13. The molecule has 4 nitrogen and oxygen atoms in total. The van der Waals surface area contributed by atoms with Gasteiger partial charge in [-0.1, -0.05) is 36.7 Å². The van der Waals surface area contributed by atoms with E-state index in [0.717, 1.165) is 44.2 Å². The second-order valence-corrected chi connectivity index (χ2v) is 6.37. The second kappa shape index (κ2) is 11.1. The number of hydrogen-bond donors (Lipinski definition) is 2. The zero-order valence-corrected chi connectivity index (χ0v) is 16.9. The molecule has 1 aromatic rings. The molecule has 0 aromatic heterocycles. The summed E-state index contributed by atoms with van der Waals surface area (Å²) in [6, 6.07) is 8.10. The fraction of sp³-hybridized carbons (Fsp3) is 0.588. The van der Waals surface area contributed by atoms with Crippen LogP contribution in [0.1, 0.15) is 31.7 Å². The summed E-state index contributed by atoms with van der Waals surface area (Å²) in [5.41, 5.74) is 7.05. The maximum atomic E-state index is 6.23. The maximum Gasteiger partial charge on any atom is 0.188 e. The predicted octanol–water partition coefficient (Wildman–Crippen LogP) is 3.48. The van der Waals surface area contributed by atoms with Crippen molar-refractivity contribution in [2.45, 2.75) is 32.7 Å². The van der Waals surface area contributed by atoms with E-state index in [1.807, 2.05) is 12.1 Å². The first kappa shape index (κ1) is 20.5. The van der Waals surface area contributed by atoms with Gasteiger partial charge >= 0.3 is 0 Å². The van der Waals surface area contributed by atoms with Gasteiger partial charge in [0.05, 0.1) is 0 Å². The number of halogens is 2. The SMILES string of the molecule is CCCNC(N)=NCC1CCN(Cc2ccccc2Cl)CC1.I. The van der Waals surface area contributed by atoms with Crippen molar-refractivity contribution in [3.05, 3.63) is 34.9 Å². The van der Waals surface area contributed by atoms with E-state index < -0.39 is 0 Å². The van der Waals surface area contributed by atoms with Crippen LogP contribution >= 0.6 is 35.6 Å². The summed E-state index contributed by atoms with van der Waals surface area (Å²) in [5.74, 6) is 1.23. The van der Waals surface area contributed by atoms with Crippen LogP contribution in [0.5, 0.6) is 0 Å². The normalized spacial score (nSPS) is 16.9. The van der Waals surface area contributed by atoms with Crippen molar-refractivity contribution in [3.8, 4) is 0 Å². The molecule has 0 amide bonds. The smallest absolute Gasteiger partial charge is 0.188 e. The highest BCUT2D eigenvalue weighted by atomic mass is 127. The lowest BCUT2D eigenvalue weighted by Gasteiger charge is -2.31. The van der Waals surface area contributed by atoms with E-state index in [9.17, 15) is 0 Å². The van der Waals surface area contributed by atoms with Crippen molar-refractivity contribution >= 4 is 41.5 Å². The third kappa shape index (κ3) is 7.27. The molecule has 0 saturated carbocycles. The summed E-state index contributed by atoms with van der Waals surface area (Å²) in [5, 5.41) is 3.99. The Bertz CT molecular complexity index is 487. The minimum absolute atomic E-state index is 0. The molecule has 0 unspecified atom stereocenters. The van der Waals surface area contributed by atoms with Crippen LogP contribution in [0.3, 0.4) is 0 Å². The molecular weight excluding hydrogens is 423 g/mol.